The molecule has 23 heavy (non-hydrogen) atoms. The Bertz CT molecular complexity index is 486. The summed E-state index contributed by atoms with van der Waals surface area (Å²) in [5.74, 6) is -1.97. The van der Waals surface area contributed by atoms with Crippen LogP contribution in [0.4, 0.5) is 4.79 Å². The third-order valence-electron chi connectivity index (χ3n) is 4.84. The van der Waals surface area contributed by atoms with Gasteiger partial charge in [-0.2, -0.15) is 0 Å². The number of aliphatic hydroxyl groups is 1. The average molecular weight is 328 g/mol. The van der Waals surface area contributed by atoms with Gasteiger partial charge in [0.2, 0.25) is 0 Å². The molecule has 0 aromatic carbocycles. The Balaban J connectivity index is 2.19. The second-order valence-corrected chi connectivity index (χ2v) is 5.86. The lowest BCUT2D eigenvalue weighted by molar-refractivity contribution is -0.156. The van der Waals surface area contributed by atoms with E-state index < -0.39 is 35.5 Å². The number of ether oxygens (including phenoxy) is 2. The minimum Gasteiger partial charge on any atom is -0.466 e. The maximum atomic E-state index is 12.3. The van der Waals surface area contributed by atoms with Crippen molar-refractivity contribution in [2.24, 2.45) is 5.92 Å². The number of hydrogen-bond donors (Lipinski definition) is 1. The highest BCUT2D eigenvalue weighted by Gasteiger charge is 2.61. The molecule has 2 fully saturated rings. The molecule has 2 heterocycles. The molecule has 130 valence electrons. The summed E-state index contributed by atoms with van der Waals surface area (Å²) in [4.78, 5) is 39.3. The van der Waals surface area contributed by atoms with E-state index in [1.165, 1.54) is 4.90 Å². The van der Waals surface area contributed by atoms with Crippen LogP contribution >= 0.6 is 0 Å². The summed E-state index contributed by atoms with van der Waals surface area (Å²) in [6.45, 7) is 4.62. The molecule has 0 saturated carbocycles. The quantitative estimate of drug-likeness (QED) is 0.732. The van der Waals surface area contributed by atoms with Gasteiger partial charge in [-0.15, -0.1) is 0 Å². The van der Waals surface area contributed by atoms with E-state index in [1.807, 2.05) is 0 Å². The molecule has 2 atom stereocenters. The van der Waals surface area contributed by atoms with Crippen molar-refractivity contribution in [3.05, 3.63) is 0 Å². The first-order valence-electron chi connectivity index (χ1n) is 7.93. The molecule has 2 aliphatic heterocycles. The fraction of sp³-hybridized carbons (Fsp3) is 0.800. The Kier molecular flexibility index (Phi) is 5.13. The molecule has 8 heteroatoms. The highest BCUT2D eigenvalue weighted by atomic mass is 16.6. The number of carbonyl (C=O) groups is 3. The lowest BCUT2D eigenvalue weighted by Crippen LogP contribution is -2.57. The Morgan fingerprint density at radius 3 is 2.30 bits per heavy atom. The van der Waals surface area contributed by atoms with Gasteiger partial charge in [0.15, 0.2) is 0 Å². The van der Waals surface area contributed by atoms with Crippen molar-refractivity contribution < 1.29 is 29.0 Å². The zero-order valence-corrected chi connectivity index (χ0v) is 13.8. The summed E-state index contributed by atoms with van der Waals surface area (Å²) in [6, 6.07) is 0. The molecule has 2 rings (SSSR count). The number of esters is 1. The number of aliphatic hydroxyl groups excluding tert-OH is 1. The Labute approximate surface area is 135 Å². The number of amides is 2. The molecule has 0 aromatic rings. The van der Waals surface area contributed by atoms with E-state index in [9.17, 15) is 19.5 Å². The van der Waals surface area contributed by atoms with E-state index in [-0.39, 0.29) is 6.61 Å². The first-order valence-corrected chi connectivity index (χ1v) is 7.93. The summed E-state index contributed by atoms with van der Waals surface area (Å²) >= 11 is 0. The van der Waals surface area contributed by atoms with Crippen LogP contribution in [0.1, 0.15) is 26.7 Å². The molecular formula is C15H24N2O6. The van der Waals surface area contributed by atoms with Gasteiger partial charge in [0.05, 0.1) is 18.8 Å². The van der Waals surface area contributed by atoms with Crippen LogP contribution < -0.4 is 0 Å². The van der Waals surface area contributed by atoms with Crippen molar-refractivity contribution >= 4 is 18.0 Å². The number of hydrogen-bond acceptors (Lipinski definition) is 6. The largest absolute Gasteiger partial charge is 0.466 e. The highest BCUT2D eigenvalue weighted by Crippen LogP contribution is 2.43. The smallest absolute Gasteiger partial charge is 0.409 e. The molecule has 0 aromatic heterocycles. The lowest BCUT2D eigenvalue weighted by atomic mass is 9.76. The van der Waals surface area contributed by atoms with Gasteiger partial charge in [-0.05, 0) is 26.7 Å². The highest BCUT2D eigenvalue weighted by molar-refractivity contribution is 5.92. The maximum absolute atomic E-state index is 12.3. The minimum atomic E-state index is -1.40. The summed E-state index contributed by atoms with van der Waals surface area (Å²) in [5.41, 5.74) is -0.814. The number of nitrogens with zero attached hydrogens (tertiary/aromatic N) is 2. The number of carbonyl (C=O) groups excluding carboxylic acids is 3. The topological polar surface area (TPSA) is 96.4 Å². The second kappa shape index (κ2) is 6.74. The van der Waals surface area contributed by atoms with Crippen LogP contribution in [-0.4, -0.2) is 77.9 Å². The molecule has 2 amide bonds. The SMILES string of the molecule is CCOC(=O)[C@@H]1[C@@H](O)C(=O)N(C)C12CCN(C(=O)OCC)CC2. The number of piperidine rings is 1. The van der Waals surface area contributed by atoms with Gasteiger partial charge in [-0.1, -0.05) is 0 Å². The van der Waals surface area contributed by atoms with Gasteiger partial charge in [-0.25, -0.2) is 4.79 Å². The van der Waals surface area contributed by atoms with Crippen LogP contribution in [0.25, 0.3) is 0 Å². The van der Waals surface area contributed by atoms with E-state index in [0.29, 0.717) is 32.5 Å². The molecule has 2 saturated heterocycles. The number of rotatable bonds is 3. The van der Waals surface area contributed by atoms with Gasteiger partial charge in [-0.3, -0.25) is 9.59 Å². The summed E-state index contributed by atoms with van der Waals surface area (Å²) in [7, 11) is 1.59. The van der Waals surface area contributed by atoms with Crippen LogP contribution in [-0.2, 0) is 19.1 Å². The van der Waals surface area contributed by atoms with Crippen LogP contribution in [0, 0.1) is 5.92 Å². The van der Waals surface area contributed by atoms with E-state index in [0.717, 1.165) is 0 Å². The van der Waals surface area contributed by atoms with Crippen molar-refractivity contribution in [1.29, 1.82) is 0 Å². The van der Waals surface area contributed by atoms with Crippen molar-refractivity contribution in [3.63, 3.8) is 0 Å². The van der Waals surface area contributed by atoms with Gasteiger partial charge < -0.3 is 24.4 Å². The van der Waals surface area contributed by atoms with Crippen molar-refractivity contribution in [2.75, 3.05) is 33.4 Å². The van der Waals surface area contributed by atoms with Crippen molar-refractivity contribution in [2.45, 2.75) is 38.3 Å². The Hall–Kier alpha value is -1.83. The van der Waals surface area contributed by atoms with E-state index >= 15 is 0 Å². The van der Waals surface area contributed by atoms with Crippen molar-refractivity contribution in [1.82, 2.24) is 9.80 Å². The molecule has 0 radical (unpaired) electrons. The van der Waals surface area contributed by atoms with Crippen LogP contribution in [0.5, 0.6) is 0 Å². The normalized spacial score (nSPS) is 26.5. The maximum Gasteiger partial charge on any atom is 0.409 e. The zero-order valence-electron chi connectivity index (χ0n) is 13.8. The third-order valence-corrected chi connectivity index (χ3v) is 4.84. The van der Waals surface area contributed by atoms with Gasteiger partial charge in [0.25, 0.3) is 5.91 Å². The minimum absolute atomic E-state index is 0.186. The first kappa shape index (κ1) is 17.5. The number of likely N-dealkylation sites (tertiary alicyclic amines) is 2. The monoisotopic (exact) mass is 328 g/mol. The Morgan fingerprint density at radius 1 is 1.22 bits per heavy atom. The average Bonchev–Trinajstić information content (AvgIpc) is 2.70. The fourth-order valence-electron chi connectivity index (χ4n) is 3.58. The fourth-order valence-corrected chi connectivity index (χ4v) is 3.58. The first-order chi connectivity index (χ1) is 10.9. The Morgan fingerprint density at radius 2 is 1.78 bits per heavy atom. The summed E-state index contributed by atoms with van der Waals surface area (Å²) in [6.07, 6.45) is -1.00. The second-order valence-electron chi connectivity index (χ2n) is 5.86. The van der Waals surface area contributed by atoms with Crippen LogP contribution in [0.3, 0.4) is 0 Å². The van der Waals surface area contributed by atoms with Crippen molar-refractivity contribution in [3.8, 4) is 0 Å². The molecule has 1 N–H and O–H groups in total. The molecule has 0 bridgehead atoms. The number of likely N-dealkylation sites (N-methyl/N-ethyl adjacent to an activating group) is 1. The molecule has 0 aliphatic carbocycles. The molecule has 2 aliphatic rings. The molecular weight excluding hydrogens is 304 g/mol. The lowest BCUT2D eigenvalue weighted by Gasteiger charge is -2.45. The van der Waals surface area contributed by atoms with Gasteiger partial charge in [0.1, 0.15) is 12.0 Å². The third kappa shape index (κ3) is 2.87. The predicted molar refractivity (Wildman–Crippen MR) is 79.5 cm³/mol. The van der Waals surface area contributed by atoms with E-state index in [4.69, 9.17) is 9.47 Å². The molecule has 0 unspecified atom stereocenters. The predicted octanol–water partition coefficient (Wildman–Crippen LogP) is -0.0103. The standard InChI is InChI=1S/C15H24N2O6/c1-4-22-13(20)10-11(18)12(19)16(3)15(10)6-8-17(9-7-15)14(21)23-5-2/h10-11,18H,4-9H2,1-3H3/t10-,11+/m0/s1. The van der Waals surface area contributed by atoms with E-state index in [2.05, 4.69) is 0 Å². The molecule has 8 nitrogen and oxygen atoms in total. The zero-order chi connectivity index (χ0) is 17.2. The van der Waals surface area contributed by atoms with Gasteiger partial charge >= 0.3 is 12.1 Å². The van der Waals surface area contributed by atoms with E-state index in [1.54, 1.807) is 25.8 Å². The molecule has 1 spiro atoms. The van der Waals surface area contributed by atoms with Gasteiger partial charge in [0, 0.05) is 20.1 Å². The summed E-state index contributed by atoms with van der Waals surface area (Å²) < 4.78 is 10.0. The summed E-state index contributed by atoms with van der Waals surface area (Å²) in [5, 5.41) is 10.2. The van der Waals surface area contributed by atoms with Crippen LogP contribution in [0.15, 0.2) is 0 Å². The van der Waals surface area contributed by atoms with Crippen LogP contribution in [0.2, 0.25) is 0 Å².